The molecule has 1 saturated carbocycles. The van der Waals surface area contributed by atoms with E-state index in [1.165, 1.54) is 18.2 Å². The number of hydrogen-bond acceptors (Lipinski definition) is 3. The lowest BCUT2D eigenvalue weighted by molar-refractivity contribution is -0.122. The van der Waals surface area contributed by atoms with Crippen LogP contribution in [0.2, 0.25) is 0 Å². The lowest BCUT2D eigenvalue weighted by Gasteiger charge is -2.24. The number of carbonyl (C=O) groups is 1. The van der Waals surface area contributed by atoms with Gasteiger partial charge in [0, 0.05) is 5.92 Å². The molecule has 1 amide bonds. The highest BCUT2D eigenvalue weighted by molar-refractivity contribution is 6.06. The number of nitrogens with zero attached hydrogens (tertiary/aromatic N) is 1. The molecule has 0 aromatic heterocycles. The minimum atomic E-state index is -0.642. The van der Waals surface area contributed by atoms with Crippen molar-refractivity contribution < 1.29 is 14.4 Å². The van der Waals surface area contributed by atoms with Gasteiger partial charge in [-0.05, 0) is 25.0 Å². The third-order valence-corrected chi connectivity index (χ3v) is 3.11. The minimum absolute atomic E-state index is 0.0200. The Kier molecular flexibility index (Phi) is 3.45. The number of nitrogens with two attached hydrogens (primary N) is 1. The van der Waals surface area contributed by atoms with Gasteiger partial charge in [0.05, 0.1) is 11.3 Å². The first-order chi connectivity index (χ1) is 8.63. The third-order valence-electron chi connectivity index (χ3n) is 3.11. The molecule has 0 atom stereocenters. The summed E-state index contributed by atoms with van der Waals surface area (Å²) in [5, 5.41) is 14.0. The molecule has 1 aromatic carbocycles. The summed E-state index contributed by atoms with van der Waals surface area (Å²) in [4.78, 5) is 11.8. The van der Waals surface area contributed by atoms with Gasteiger partial charge < -0.3 is 16.3 Å². The molecule has 0 spiro atoms. The fourth-order valence-electron chi connectivity index (χ4n) is 1.84. The van der Waals surface area contributed by atoms with Gasteiger partial charge in [0.2, 0.25) is 5.91 Å². The van der Waals surface area contributed by atoms with Gasteiger partial charge in [-0.3, -0.25) is 4.79 Å². The average molecular weight is 251 g/mol. The summed E-state index contributed by atoms with van der Waals surface area (Å²) in [6, 6.07) is 4.17. The zero-order valence-electron chi connectivity index (χ0n) is 9.69. The van der Waals surface area contributed by atoms with Crippen LogP contribution in [0.15, 0.2) is 23.4 Å². The smallest absolute Gasteiger partial charge is 0.227 e. The second-order valence-electron chi connectivity index (χ2n) is 4.26. The van der Waals surface area contributed by atoms with E-state index in [0.717, 1.165) is 19.3 Å². The van der Waals surface area contributed by atoms with Gasteiger partial charge in [-0.25, -0.2) is 4.39 Å². The first-order valence-electron chi connectivity index (χ1n) is 5.70. The molecule has 0 bridgehead atoms. The normalized spacial score (nSPS) is 16.2. The summed E-state index contributed by atoms with van der Waals surface area (Å²) in [7, 11) is 0. The topological polar surface area (TPSA) is 87.7 Å². The van der Waals surface area contributed by atoms with E-state index in [9.17, 15) is 9.18 Å². The van der Waals surface area contributed by atoms with Crippen molar-refractivity contribution in [2.24, 2.45) is 16.8 Å². The molecule has 0 radical (unpaired) electrons. The van der Waals surface area contributed by atoms with E-state index in [2.05, 4.69) is 10.5 Å². The maximum atomic E-state index is 13.6. The van der Waals surface area contributed by atoms with Crippen LogP contribution in [0.25, 0.3) is 0 Å². The second kappa shape index (κ2) is 5.03. The van der Waals surface area contributed by atoms with Gasteiger partial charge >= 0.3 is 0 Å². The third kappa shape index (κ3) is 2.27. The number of amidine groups is 1. The molecule has 1 fully saturated rings. The monoisotopic (exact) mass is 251 g/mol. The van der Waals surface area contributed by atoms with Crippen LogP contribution < -0.4 is 11.1 Å². The van der Waals surface area contributed by atoms with Crippen LogP contribution in [0, 0.1) is 11.7 Å². The standard InChI is InChI=1S/C12H14FN3O2/c13-8-5-2-6-9(10(8)11(14)16-18)15-12(17)7-3-1-4-7/h2,5-7,18H,1,3-4H2,(H2,14,16)(H,15,17). The summed E-state index contributed by atoms with van der Waals surface area (Å²) in [6.45, 7) is 0. The van der Waals surface area contributed by atoms with Crippen LogP contribution in [0.4, 0.5) is 10.1 Å². The molecule has 18 heavy (non-hydrogen) atoms. The Hall–Kier alpha value is -2.11. The number of nitrogens with one attached hydrogen (secondary N) is 1. The van der Waals surface area contributed by atoms with Crippen LogP contribution in [0.1, 0.15) is 24.8 Å². The van der Waals surface area contributed by atoms with Gasteiger partial charge in [0.25, 0.3) is 0 Å². The number of oxime groups is 1. The van der Waals surface area contributed by atoms with Crippen LogP contribution in [0.5, 0.6) is 0 Å². The Balaban J connectivity index is 2.26. The van der Waals surface area contributed by atoms with Crippen molar-refractivity contribution >= 4 is 17.4 Å². The highest BCUT2D eigenvalue weighted by Gasteiger charge is 2.26. The molecule has 1 aliphatic carbocycles. The Morgan fingerprint density at radius 1 is 1.50 bits per heavy atom. The summed E-state index contributed by atoms with van der Waals surface area (Å²) >= 11 is 0. The van der Waals surface area contributed by atoms with Crippen LogP contribution in [-0.2, 0) is 4.79 Å². The molecule has 1 aliphatic rings. The Morgan fingerprint density at radius 2 is 2.22 bits per heavy atom. The molecule has 0 heterocycles. The Labute approximate surface area is 103 Å². The molecule has 0 saturated heterocycles. The number of anilines is 1. The maximum absolute atomic E-state index is 13.6. The predicted molar refractivity (Wildman–Crippen MR) is 64.9 cm³/mol. The van der Waals surface area contributed by atoms with Crippen molar-refractivity contribution in [1.29, 1.82) is 0 Å². The zero-order chi connectivity index (χ0) is 13.1. The van der Waals surface area contributed by atoms with Gasteiger partial charge in [0.15, 0.2) is 5.84 Å². The van der Waals surface area contributed by atoms with E-state index < -0.39 is 5.82 Å². The van der Waals surface area contributed by atoms with Crippen LogP contribution in [-0.4, -0.2) is 17.0 Å². The number of halogens is 1. The van der Waals surface area contributed by atoms with E-state index in [1.807, 2.05) is 0 Å². The van der Waals surface area contributed by atoms with Crippen molar-refractivity contribution in [1.82, 2.24) is 0 Å². The van der Waals surface area contributed by atoms with E-state index >= 15 is 0 Å². The van der Waals surface area contributed by atoms with E-state index in [1.54, 1.807) is 0 Å². The van der Waals surface area contributed by atoms with E-state index in [0.29, 0.717) is 0 Å². The molecule has 0 aliphatic heterocycles. The van der Waals surface area contributed by atoms with Crippen molar-refractivity contribution in [2.75, 3.05) is 5.32 Å². The van der Waals surface area contributed by atoms with Crippen molar-refractivity contribution in [3.8, 4) is 0 Å². The molecule has 1 aromatic rings. The second-order valence-corrected chi connectivity index (χ2v) is 4.26. The van der Waals surface area contributed by atoms with E-state index in [4.69, 9.17) is 10.9 Å². The lowest BCUT2D eigenvalue weighted by atomic mass is 9.85. The lowest BCUT2D eigenvalue weighted by Crippen LogP contribution is -2.29. The summed E-state index contributed by atoms with van der Waals surface area (Å²) in [5.74, 6) is -1.18. The SMILES string of the molecule is N/C(=N/O)c1c(F)cccc1NC(=O)C1CCC1. The maximum Gasteiger partial charge on any atom is 0.227 e. The first-order valence-corrected chi connectivity index (χ1v) is 5.70. The van der Waals surface area contributed by atoms with Gasteiger partial charge in [-0.2, -0.15) is 0 Å². The van der Waals surface area contributed by atoms with Gasteiger partial charge in [-0.1, -0.05) is 17.6 Å². The average Bonchev–Trinajstić information content (AvgIpc) is 2.26. The van der Waals surface area contributed by atoms with Gasteiger partial charge in [0.1, 0.15) is 5.82 Å². The zero-order valence-corrected chi connectivity index (χ0v) is 9.69. The van der Waals surface area contributed by atoms with Crippen molar-refractivity contribution in [3.05, 3.63) is 29.6 Å². The highest BCUT2D eigenvalue weighted by atomic mass is 19.1. The molecule has 96 valence electrons. The molecule has 2 rings (SSSR count). The predicted octanol–water partition coefficient (Wildman–Crippen LogP) is 1.66. The molecule has 6 heteroatoms. The van der Waals surface area contributed by atoms with Crippen LogP contribution >= 0.6 is 0 Å². The molecule has 4 N–H and O–H groups in total. The van der Waals surface area contributed by atoms with E-state index in [-0.39, 0.29) is 28.9 Å². The number of rotatable bonds is 3. The van der Waals surface area contributed by atoms with Crippen LogP contribution in [0.3, 0.4) is 0 Å². The molecular weight excluding hydrogens is 237 g/mol. The quantitative estimate of drug-likeness (QED) is 0.330. The van der Waals surface area contributed by atoms with Gasteiger partial charge in [-0.15, -0.1) is 0 Å². The Morgan fingerprint density at radius 3 is 2.78 bits per heavy atom. The van der Waals surface area contributed by atoms with Crippen molar-refractivity contribution in [2.45, 2.75) is 19.3 Å². The molecule has 0 unspecified atom stereocenters. The summed E-state index contributed by atoms with van der Waals surface area (Å²) < 4.78 is 13.6. The van der Waals surface area contributed by atoms with Crippen molar-refractivity contribution in [3.63, 3.8) is 0 Å². The first kappa shape index (κ1) is 12.3. The fraction of sp³-hybridized carbons (Fsp3) is 0.333. The number of amides is 1. The Bertz CT molecular complexity index is 498. The number of carbonyl (C=O) groups excluding carboxylic acids is 1. The molecular formula is C12H14FN3O2. The fourth-order valence-corrected chi connectivity index (χ4v) is 1.84. The largest absolute Gasteiger partial charge is 0.409 e. The molecule has 5 nitrogen and oxygen atoms in total. The summed E-state index contributed by atoms with van der Waals surface area (Å²) in [6.07, 6.45) is 2.73. The number of hydrogen-bond donors (Lipinski definition) is 3. The number of benzene rings is 1. The minimum Gasteiger partial charge on any atom is -0.409 e. The summed E-state index contributed by atoms with van der Waals surface area (Å²) in [5.41, 5.74) is 5.54. The highest BCUT2D eigenvalue weighted by Crippen LogP contribution is 2.28.